The van der Waals surface area contributed by atoms with Gasteiger partial charge in [0.1, 0.15) is 5.02 Å². The van der Waals surface area contributed by atoms with Crippen molar-refractivity contribution in [1.82, 2.24) is 9.66 Å². The molecule has 0 atom stereocenters. The van der Waals surface area contributed by atoms with Crippen LogP contribution in [-0.4, -0.2) is 35.5 Å². The smallest absolute Gasteiger partial charge is 0.349 e. The molecule has 36 heavy (non-hydrogen) atoms. The Morgan fingerprint density at radius 3 is 2.67 bits per heavy atom. The monoisotopic (exact) mass is 570 g/mol. The molecule has 11 heteroatoms. The van der Waals surface area contributed by atoms with Crippen molar-refractivity contribution in [2.45, 2.75) is 6.92 Å². The molecule has 184 valence electrons. The molecule has 0 saturated heterocycles. The van der Waals surface area contributed by atoms with Gasteiger partial charge >= 0.3 is 5.69 Å². The van der Waals surface area contributed by atoms with Crippen LogP contribution >= 0.6 is 27.5 Å². The van der Waals surface area contributed by atoms with Gasteiger partial charge in [-0.05, 0) is 52.7 Å². The van der Waals surface area contributed by atoms with Gasteiger partial charge in [0.05, 0.1) is 24.2 Å². The number of halogens is 2. The second-order valence-corrected chi connectivity index (χ2v) is 8.79. The molecule has 4 aromatic rings. The fourth-order valence-corrected chi connectivity index (χ4v) is 4.05. The lowest BCUT2D eigenvalue weighted by molar-refractivity contribution is -0.118. The minimum atomic E-state index is -0.691. The van der Waals surface area contributed by atoms with Crippen molar-refractivity contribution < 1.29 is 14.3 Å². The first-order valence-electron chi connectivity index (χ1n) is 10.6. The lowest BCUT2D eigenvalue weighted by Gasteiger charge is -2.15. The van der Waals surface area contributed by atoms with Gasteiger partial charge in [0.15, 0.2) is 18.1 Å². The van der Waals surface area contributed by atoms with Crippen LogP contribution in [0.5, 0.6) is 11.5 Å². The van der Waals surface area contributed by atoms with Gasteiger partial charge in [-0.15, -0.1) is 4.68 Å². The van der Waals surface area contributed by atoms with Crippen LogP contribution in [0.2, 0.25) is 5.02 Å². The summed E-state index contributed by atoms with van der Waals surface area (Å²) in [5, 5.41) is 7.27. The van der Waals surface area contributed by atoms with E-state index in [0.717, 1.165) is 10.2 Å². The zero-order chi connectivity index (χ0) is 25.8. The number of hydrogen-bond donors (Lipinski definition) is 2. The zero-order valence-electron chi connectivity index (χ0n) is 19.2. The van der Waals surface area contributed by atoms with Gasteiger partial charge in [-0.2, -0.15) is 5.10 Å². The molecule has 2 N–H and O–H groups in total. The molecule has 0 aliphatic rings. The zero-order valence-corrected chi connectivity index (χ0v) is 21.5. The molecular weight excluding hydrogens is 552 g/mol. The minimum Gasteiger partial charge on any atom is -0.493 e. The van der Waals surface area contributed by atoms with Crippen LogP contribution in [0.1, 0.15) is 11.1 Å². The largest absolute Gasteiger partial charge is 0.493 e. The number of amides is 1. The van der Waals surface area contributed by atoms with E-state index in [4.69, 9.17) is 21.1 Å². The van der Waals surface area contributed by atoms with Crippen molar-refractivity contribution in [2.24, 2.45) is 5.10 Å². The maximum Gasteiger partial charge on any atom is 0.349 e. The van der Waals surface area contributed by atoms with Gasteiger partial charge in [-0.25, -0.2) is 4.79 Å². The van der Waals surface area contributed by atoms with E-state index < -0.39 is 11.2 Å². The molecule has 4 rings (SSSR count). The number of anilines is 1. The summed E-state index contributed by atoms with van der Waals surface area (Å²) in [6, 6.07) is 15.6. The third-order valence-electron chi connectivity index (χ3n) is 5.24. The lowest BCUT2D eigenvalue weighted by atomic mass is 10.2. The molecule has 0 unspecified atom stereocenters. The summed E-state index contributed by atoms with van der Waals surface area (Å²) in [4.78, 5) is 40.1. The minimum absolute atomic E-state index is 0.124. The van der Waals surface area contributed by atoms with Gasteiger partial charge in [0.25, 0.3) is 11.5 Å². The number of benzene rings is 3. The number of para-hydroxylation sites is 2. The summed E-state index contributed by atoms with van der Waals surface area (Å²) in [6.07, 6.45) is 1.29. The molecule has 0 spiro atoms. The topological polar surface area (TPSA) is 115 Å². The Hall–Kier alpha value is -3.89. The quantitative estimate of drug-likeness (QED) is 0.321. The Morgan fingerprint density at radius 2 is 1.92 bits per heavy atom. The number of aromatic nitrogens is 2. The molecule has 0 aliphatic heterocycles. The van der Waals surface area contributed by atoms with Crippen molar-refractivity contribution in [2.75, 3.05) is 19.0 Å². The average Bonchev–Trinajstić information content (AvgIpc) is 2.87. The van der Waals surface area contributed by atoms with Crippen molar-refractivity contribution >= 4 is 56.2 Å². The number of aryl methyl sites for hydroxylation is 1. The Kier molecular flexibility index (Phi) is 7.56. The van der Waals surface area contributed by atoms with E-state index in [2.05, 4.69) is 31.3 Å². The molecule has 9 nitrogen and oxygen atoms in total. The molecule has 0 radical (unpaired) electrons. The fraction of sp³-hybridized carbons (Fsp3) is 0.120. The normalized spacial score (nSPS) is 11.1. The van der Waals surface area contributed by atoms with Gasteiger partial charge in [-0.1, -0.05) is 41.9 Å². The van der Waals surface area contributed by atoms with Crippen LogP contribution in [0.4, 0.5) is 5.69 Å². The number of aromatic amines is 1. The van der Waals surface area contributed by atoms with Crippen LogP contribution in [0, 0.1) is 6.92 Å². The Labute approximate surface area is 218 Å². The molecule has 1 heterocycles. The second-order valence-electron chi connectivity index (χ2n) is 7.61. The van der Waals surface area contributed by atoms with Gasteiger partial charge in [0.2, 0.25) is 0 Å². The number of methoxy groups -OCH3 is 1. The first-order chi connectivity index (χ1) is 17.3. The number of fused-ring (bicyclic) bond motifs is 1. The first kappa shape index (κ1) is 25.2. The summed E-state index contributed by atoms with van der Waals surface area (Å²) < 4.78 is 12.1. The highest BCUT2D eigenvalue weighted by molar-refractivity contribution is 9.10. The fourth-order valence-electron chi connectivity index (χ4n) is 3.40. The molecule has 3 aromatic carbocycles. The number of carbonyl (C=O) groups is 1. The number of H-pyrrole nitrogens is 1. The van der Waals surface area contributed by atoms with E-state index >= 15 is 0 Å². The highest BCUT2D eigenvalue weighted by atomic mass is 79.9. The molecule has 1 aromatic heterocycles. The van der Waals surface area contributed by atoms with Crippen molar-refractivity contribution in [3.8, 4) is 11.5 Å². The molecule has 0 aliphatic carbocycles. The summed E-state index contributed by atoms with van der Waals surface area (Å²) >= 11 is 9.87. The third kappa shape index (κ3) is 5.19. The molecule has 0 fully saturated rings. The van der Waals surface area contributed by atoms with Crippen LogP contribution < -0.4 is 26.0 Å². The molecular formula is C25H20BrClN4O5. The number of ether oxygens (including phenoxy) is 2. The maximum atomic E-state index is 12.7. The van der Waals surface area contributed by atoms with Crippen molar-refractivity contribution in [3.63, 3.8) is 0 Å². The molecule has 0 saturated carbocycles. The van der Waals surface area contributed by atoms with Crippen LogP contribution in [-0.2, 0) is 4.79 Å². The standard InChI is InChI=1S/C25H20BrClN4O5/c1-14-7-3-5-9-17(14)29-20(32)13-36-23-19(35-2)11-15(21(26)22(23)27)12-28-31-24(33)16-8-4-6-10-18(16)30-25(31)34/h3-12H,13H2,1-2H3,(H,29,32)(H,30,34). The van der Waals surface area contributed by atoms with Gasteiger partial charge in [0, 0.05) is 15.7 Å². The summed E-state index contributed by atoms with van der Waals surface area (Å²) in [7, 11) is 1.42. The third-order valence-corrected chi connectivity index (χ3v) is 6.68. The van der Waals surface area contributed by atoms with Crippen LogP contribution in [0.15, 0.2) is 73.8 Å². The van der Waals surface area contributed by atoms with Gasteiger partial charge < -0.3 is 19.8 Å². The summed E-state index contributed by atoms with van der Waals surface area (Å²) in [5.41, 5.74) is 1.15. The SMILES string of the molecule is COc1cc(C=Nn2c(=O)[nH]c3ccccc3c2=O)c(Br)c(Cl)c1OCC(=O)Nc1ccccc1C. The van der Waals surface area contributed by atoms with E-state index in [9.17, 15) is 14.4 Å². The highest BCUT2D eigenvalue weighted by Crippen LogP contribution is 2.42. The molecule has 0 bridgehead atoms. The van der Waals surface area contributed by atoms with Crippen LogP contribution in [0.3, 0.4) is 0 Å². The van der Waals surface area contributed by atoms with E-state index in [-0.39, 0.29) is 29.0 Å². The first-order valence-corrected chi connectivity index (χ1v) is 11.8. The Balaban J connectivity index is 1.59. The average molecular weight is 572 g/mol. The van der Waals surface area contributed by atoms with E-state index in [0.29, 0.717) is 26.6 Å². The Bertz CT molecular complexity index is 1610. The number of nitrogens with zero attached hydrogens (tertiary/aromatic N) is 2. The number of nitrogens with one attached hydrogen (secondary N) is 2. The number of carbonyl (C=O) groups excluding carboxylic acids is 1. The van der Waals surface area contributed by atoms with E-state index in [1.165, 1.54) is 13.3 Å². The van der Waals surface area contributed by atoms with Gasteiger partial charge in [-0.3, -0.25) is 9.59 Å². The predicted octanol–water partition coefficient (Wildman–Crippen LogP) is 4.32. The number of rotatable bonds is 7. The van der Waals surface area contributed by atoms with E-state index in [1.807, 2.05) is 25.1 Å². The second kappa shape index (κ2) is 10.8. The maximum absolute atomic E-state index is 12.7. The Morgan fingerprint density at radius 1 is 1.19 bits per heavy atom. The predicted molar refractivity (Wildman–Crippen MR) is 143 cm³/mol. The number of hydrogen-bond acceptors (Lipinski definition) is 6. The molecule has 1 amide bonds. The van der Waals surface area contributed by atoms with E-state index in [1.54, 1.807) is 36.4 Å². The summed E-state index contributed by atoms with van der Waals surface area (Å²) in [6.45, 7) is 1.57. The highest BCUT2D eigenvalue weighted by Gasteiger charge is 2.18. The van der Waals surface area contributed by atoms with Crippen LogP contribution in [0.25, 0.3) is 10.9 Å². The summed E-state index contributed by atoms with van der Waals surface area (Å²) in [5.74, 6) is -0.00367. The van der Waals surface area contributed by atoms with Crippen molar-refractivity contribution in [3.05, 3.63) is 96.1 Å². The lowest BCUT2D eigenvalue weighted by Crippen LogP contribution is -2.32. The van der Waals surface area contributed by atoms with Crippen molar-refractivity contribution in [1.29, 1.82) is 0 Å².